The molecule has 2 aromatic heterocycles. The molecular weight excluding hydrogens is 521 g/mol. The van der Waals surface area contributed by atoms with Crippen LogP contribution in [0, 0.1) is 0 Å². The van der Waals surface area contributed by atoms with Gasteiger partial charge in [0.15, 0.2) is 5.69 Å². The molecule has 2 amide bonds. The summed E-state index contributed by atoms with van der Waals surface area (Å²) in [6.07, 6.45) is -1.23. The zero-order chi connectivity index (χ0) is 27.0. The number of nitrogens with one attached hydrogen (secondary N) is 1. The quantitative estimate of drug-likeness (QED) is 0.411. The lowest BCUT2D eigenvalue weighted by Crippen LogP contribution is -2.51. The molecule has 0 radical (unpaired) electrons. The summed E-state index contributed by atoms with van der Waals surface area (Å²) < 4.78 is 40.2. The molecule has 0 unspecified atom stereocenters. The van der Waals surface area contributed by atoms with Crippen LogP contribution in [0.1, 0.15) is 44.4 Å². The molecule has 2 aromatic carbocycles. The second-order valence-electron chi connectivity index (χ2n) is 9.06. The Labute approximate surface area is 220 Å². The third-order valence-corrected chi connectivity index (χ3v) is 6.91. The number of fused-ring (bicyclic) bond motifs is 1. The Morgan fingerprint density at radius 3 is 2.53 bits per heavy atom. The number of hydrogen-bond acceptors (Lipinski definition) is 5. The minimum absolute atomic E-state index is 0.199. The zero-order valence-electron chi connectivity index (χ0n) is 20.1. The third-order valence-electron chi connectivity index (χ3n) is 6.62. The molecule has 0 saturated carbocycles. The van der Waals surface area contributed by atoms with E-state index in [1.54, 1.807) is 17.0 Å². The number of rotatable bonds is 4. The van der Waals surface area contributed by atoms with Gasteiger partial charge in [-0.15, -0.1) is 0 Å². The Bertz CT molecular complexity index is 1510. The predicted octanol–water partition coefficient (Wildman–Crippen LogP) is 4.46. The van der Waals surface area contributed by atoms with Gasteiger partial charge < -0.3 is 10.2 Å². The summed E-state index contributed by atoms with van der Waals surface area (Å²) in [4.78, 5) is 36.6. The first-order valence-corrected chi connectivity index (χ1v) is 12.2. The van der Waals surface area contributed by atoms with Crippen molar-refractivity contribution in [1.82, 2.24) is 30.0 Å². The highest BCUT2D eigenvalue weighted by molar-refractivity contribution is 6.35. The Morgan fingerprint density at radius 2 is 1.82 bits per heavy atom. The van der Waals surface area contributed by atoms with Crippen molar-refractivity contribution in [2.45, 2.75) is 24.6 Å². The number of carbonyl (C=O) groups excluding carboxylic acids is 2. The van der Waals surface area contributed by atoms with Crippen LogP contribution in [0.5, 0.6) is 0 Å². The van der Waals surface area contributed by atoms with Crippen molar-refractivity contribution < 1.29 is 22.8 Å². The zero-order valence-corrected chi connectivity index (χ0v) is 20.9. The van der Waals surface area contributed by atoms with E-state index in [-0.39, 0.29) is 24.1 Å². The molecule has 1 aliphatic heterocycles. The van der Waals surface area contributed by atoms with Gasteiger partial charge >= 0.3 is 6.18 Å². The van der Waals surface area contributed by atoms with Crippen molar-refractivity contribution >= 4 is 34.4 Å². The Kier molecular flexibility index (Phi) is 6.78. The number of aromatic nitrogens is 4. The number of piperidine rings is 1. The number of aryl methyl sites for hydroxylation is 1. The maximum absolute atomic E-state index is 13.5. The minimum Gasteiger partial charge on any atom is -0.347 e. The molecule has 8 nitrogen and oxygen atoms in total. The number of amides is 2. The van der Waals surface area contributed by atoms with Gasteiger partial charge in [-0.2, -0.15) is 18.3 Å². The highest BCUT2D eigenvalue weighted by Gasteiger charge is 2.37. The van der Waals surface area contributed by atoms with E-state index in [9.17, 15) is 22.8 Å². The Morgan fingerprint density at radius 1 is 1.08 bits per heavy atom. The summed E-state index contributed by atoms with van der Waals surface area (Å²) in [6, 6.07) is 12.9. The van der Waals surface area contributed by atoms with E-state index in [4.69, 9.17) is 11.6 Å². The normalized spacial score (nSPS) is 18.0. The first kappa shape index (κ1) is 25.7. The highest BCUT2D eigenvalue weighted by Crippen LogP contribution is 2.31. The van der Waals surface area contributed by atoms with Gasteiger partial charge in [0.05, 0.1) is 10.5 Å². The van der Waals surface area contributed by atoms with Crippen LogP contribution in [0.2, 0.25) is 5.02 Å². The van der Waals surface area contributed by atoms with Gasteiger partial charge in [-0.25, -0.2) is 0 Å². The molecule has 4 aromatic rings. The molecule has 38 heavy (non-hydrogen) atoms. The summed E-state index contributed by atoms with van der Waals surface area (Å²) >= 11 is 6.35. The maximum Gasteiger partial charge on any atom is 0.435 e. The number of halogens is 4. The van der Waals surface area contributed by atoms with E-state index >= 15 is 0 Å². The van der Waals surface area contributed by atoms with Crippen LogP contribution in [0.3, 0.4) is 0 Å². The standard InChI is InChI=1S/C26H22ClF3N6O2/c1-35-21(13-22(34-35)26(28,29)30)24(37)33-19-7-10-36(14-17(19)15-5-3-2-4-6-15)25(38)16-11-18(27)23-20(12-16)31-8-9-32-23/h2-6,8-9,11-13,17,19H,7,10,14H2,1H3,(H,33,37)/t17-,19-/m1/s1. The summed E-state index contributed by atoms with van der Waals surface area (Å²) in [5, 5.41) is 6.62. The number of likely N-dealkylation sites (tertiary alicyclic amines) is 1. The molecule has 2 atom stereocenters. The molecule has 3 heterocycles. The SMILES string of the molecule is Cn1nc(C(F)(F)F)cc1C(=O)N[C@@H]1CCN(C(=O)c2cc(Cl)c3nccnc3c2)C[C@@H]1c1ccccc1. The molecule has 0 bridgehead atoms. The van der Waals surface area contributed by atoms with E-state index in [1.807, 2.05) is 30.3 Å². The first-order valence-electron chi connectivity index (χ1n) is 11.8. The van der Waals surface area contributed by atoms with Crippen LogP contribution in [0.4, 0.5) is 13.2 Å². The smallest absolute Gasteiger partial charge is 0.347 e. The minimum atomic E-state index is -4.66. The topological polar surface area (TPSA) is 93.0 Å². The second-order valence-corrected chi connectivity index (χ2v) is 9.46. The number of hydrogen-bond donors (Lipinski definition) is 1. The van der Waals surface area contributed by atoms with E-state index < -0.39 is 23.8 Å². The van der Waals surface area contributed by atoms with Gasteiger partial charge in [0.2, 0.25) is 0 Å². The second kappa shape index (κ2) is 10.1. The van der Waals surface area contributed by atoms with Crippen molar-refractivity contribution in [3.63, 3.8) is 0 Å². The van der Waals surface area contributed by atoms with Gasteiger partial charge in [0.25, 0.3) is 11.8 Å². The van der Waals surface area contributed by atoms with Crippen LogP contribution in [-0.2, 0) is 13.2 Å². The van der Waals surface area contributed by atoms with Gasteiger partial charge in [-0.05, 0) is 24.1 Å². The largest absolute Gasteiger partial charge is 0.435 e. The lowest BCUT2D eigenvalue weighted by atomic mass is 9.85. The van der Waals surface area contributed by atoms with Crippen LogP contribution in [0.25, 0.3) is 11.0 Å². The molecule has 1 aliphatic rings. The first-order chi connectivity index (χ1) is 18.1. The fraction of sp³-hybridized carbons (Fsp3) is 0.269. The number of nitrogens with zero attached hydrogens (tertiary/aromatic N) is 5. The summed E-state index contributed by atoms with van der Waals surface area (Å²) in [5.74, 6) is -1.21. The highest BCUT2D eigenvalue weighted by atomic mass is 35.5. The van der Waals surface area contributed by atoms with Crippen LogP contribution in [-0.4, -0.2) is 55.6 Å². The van der Waals surface area contributed by atoms with Crippen molar-refractivity contribution in [2.75, 3.05) is 13.1 Å². The van der Waals surface area contributed by atoms with Crippen molar-refractivity contribution in [3.8, 4) is 0 Å². The Hall–Kier alpha value is -3.99. The molecule has 1 N–H and O–H groups in total. The van der Waals surface area contributed by atoms with Crippen molar-refractivity contribution in [2.24, 2.45) is 7.05 Å². The van der Waals surface area contributed by atoms with Crippen LogP contribution < -0.4 is 5.32 Å². The Balaban J connectivity index is 1.39. The molecule has 1 fully saturated rings. The summed E-state index contributed by atoms with van der Waals surface area (Å²) in [7, 11) is 1.29. The molecule has 5 rings (SSSR count). The van der Waals surface area contributed by atoms with Crippen LogP contribution >= 0.6 is 11.6 Å². The average Bonchev–Trinajstić information content (AvgIpc) is 3.31. The summed E-state index contributed by atoms with van der Waals surface area (Å²) in [5.41, 5.74) is 0.918. The monoisotopic (exact) mass is 542 g/mol. The lowest BCUT2D eigenvalue weighted by molar-refractivity contribution is -0.141. The average molecular weight is 543 g/mol. The fourth-order valence-corrected chi connectivity index (χ4v) is 5.01. The van der Waals surface area contributed by atoms with Gasteiger partial charge in [0, 0.05) is 56.1 Å². The molecule has 0 spiro atoms. The molecule has 196 valence electrons. The predicted molar refractivity (Wildman–Crippen MR) is 134 cm³/mol. The van der Waals surface area contributed by atoms with Gasteiger partial charge in [-0.1, -0.05) is 41.9 Å². The lowest BCUT2D eigenvalue weighted by Gasteiger charge is -2.39. The molecular formula is C26H22ClF3N6O2. The van der Waals surface area contributed by atoms with E-state index in [0.29, 0.717) is 34.6 Å². The number of alkyl halides is 3. The van der Waals surface area contributed by atoms with Crippen molar-refractivity contribution in [3.05, 3.63) is 88.5 Å². The van der Waals surface area contributed by atoms with Crippen molar-refractivity contribution in [1.29, 1.82) is 0 Å². The van der Waals surface area contributed by atoms with E-state index in [0.717, 1.165) is 16.3 Å². The fourth-order valence-electron chi connectivity index (χ4n) is 4.75. The molecule has 1 saturated heterocycles. The van der Waals surface area contributed by atoms with Gasteiger partial charge in [0.1, 0.15) is 11.2 Å². The number of benzene rings is 2. The van der Waals surface area contributed by atoms with E-state index in [2.05, 4.69) is 20.4 Å². The maximum atomic E-state index is 13.5. The van der Waals surface area contributed by atoms with Crippen LogP contribution in [0.15, 0.2) is 60.9 Å². The summed E-state index contributed by atoms with van der Waals surface area (Å²) in [6.45, 7) is 0.603. The van der Waals surface area contributed by atoms with Gasteiger partial charge in [-0.3, -0.25) is 24.2 Å². The number of carbonyl (C=O) groups is 2. The molecule has 12 heteroatoms. The molecule has 0 aliphatic carbocycles. The third kappa shape index (κ3) is 5.06. The van der Waals surface area contributed by atoms with E-state index in [1.165, 1.54) is 19.4 Å².